The summed E-state index contributed by atoms with van der Waals surface area (Å²) in [5, 5.41) is 0. The van der Waals surface area contributed by atoms with E-state index in [1.165, 1.54) is 6.92 Å². The molecule has 0 fully saturated rings. The van der Waals surface area contributed by atoms with Gasteiger partial charge in [-0.05, 0) is 6.92 Å². The van der Waals surface area contributed by atoms with Gasteiger partial charge in [0.2, 0.25) is 0 Å². The summed E-state index contributed by atoms with van der Waals surface area (Å²) < 4.78 is 27.1. The highest BCUT2D eigenvalue weighted by molar-refractivity contribution is 14.1. The average Bonchev–Trinajstić information content (AvgIpc) is 1.31. The van der Waals surface area contributed by atoms with Gasteiger partial charge < -0.3 is 0 Å². The highest BCUT2D eigenvalue weighted by atomic mass is 125. The van der Waals surface area contributed by atoms with Crippen LogP contribution in [0, 0.1) is 0 Å². The molecule has 0 saturated carbocycles. The summed E-state index contributed by atoms with van der Waals surface area (Å²) in [6.45, 7) is 1.40. The molecule has 0 aromatic carbocycles. The Morgan fingerprint density at radius 1 is 1.71 bits per heavy atom. The van der Waals surface area contributed by atoms with Crippen LogP contribution in [0.2, 0.25) is 0 Å². The van der Waals surface area contributed by atoms with Crippen molar-refractivity contribution in [2.24, 2.45) is 0 Å². The zero-order valence-electron chi connectivity index (χ0n) is 3.63. The monoisotopic (exact) mass is 234 g/mol. The lowest BCUT2D eigenvalue weighted by Crippen LogP contribution is -2.07. The molecule has 1 unspecified atom stereocenters. The van der Waals surface area contributed by atoms with Crippen molar-refractivity contribution in [1.29, 1.82) is 0 Å². The largest absolute Gasteiger partial charge is 0.285 e. The van der Waals surface area contributed by atoms with Crippen molar-refractivity contribution >= 4 is 32.7 Å². The lowest BCUT2D eigenvalue weighted by molar-refractivity contribution is 0.483. The molecular formula is C2H5IO3S. The van der Waals surface area contributed by atoms with Crippen LogP contribution in [0.4, 0.5) is 0 Å². The van der Waals surface area contributed by atoms with Gasteiger partial charge in [0.05, 0.1) is 0 Å². The summed E-state index contributed by atoms with van der Waals surface area (Å²) >= 11 is 1.61. The predicted octanol–water partition coefficient (Wildman–Crippen LogP) is 0.655. The SMILES string of the molecule is CC([125I])S(=O)(=O)O. The van der Waals surface area contributed by atoms with Crippen LogP contribution in [0.1, 0.15) is 6.92 Å². The first-order valence-corrected chi connectivity index (χ1v) is 4.30. The minimum Gasteiger partial charge on any atom is -0.285 e. The third kappa shape index (κ3) is 3.24. The van der Waals surface area contributed by atoms with Gasteiger partial charge in [-0.25, -0.2) is 0 Å². The van der Waals surface area contributed by atoms with Crippen LogP contribution < -0.4 is 0 Å². The Balaban J connectivity index is 4.10. The smallest absolute Gasteiger partial charge is 0.276 e. The van der Waals surface area contributed by atoms with Crippen molar-refractivity contribution in [3.8, 4) is 0 Å². The van der Waals surface area contributed by atoms with Gasteiger partial charge in [-0.2, -0.15) is 8.42 Å². The molecule has 0 amide bonds. The van der Waals surface area contributed by atoms with E-state index in [0.29, 0.717) is 0 Å². The van der Waals surface area contributed by atoms with Crippen LogP contribution in [0.3, 0.4) is 0 Å². The Kier molecular flexibility index (Phi) is 2.48. The molecule has 0 spiro atoms. The van der Waals surface area contributed by atoms with Gasteiger partial charge in [0.15, 0.2) is 0 Å². The summed E-state index contributed by atoms with van der Waals surface area (Å²) in [5.74, 6) is 0. The first kappa shape index (κ1) is 7.64. The molecule has 0 saturated heterocycles. The Hall–Kier alpha value is 0.640. The Morgan fingerprint density at radius 2 is 1.86 bits per heavy atom. The molecule has 0 aromatic heterocycles. The Morgan fingerprint density at radius 3 is 1.86 bits per heavy atom. The second-order valence-electron chi connectivity index (χ2n) is 1.06. The van der Waals surface area contributed by atoms with Gasteiger partial charge in [-0.1, -0.05) is 22.6 Å². The Labute approximate surface area is 56.0 Å². The maximum Gasteiger partial charge on any atom is 0.276 e. The van der Waals surface area contributed by atoms with Gasteiger partial charge in [0.25, 0.3) is 10.1 Å². The number of hydrogen-bond donors (Lipinski definition) is 1. The molecule has 5 heteroatoms. The molecule has 1 atom stereocenters. The minimum absolute atomic E-state index is 0.704. The van der Waals surface area contributed by atoms with E-state index in [2.05, 4.69) is 0 Å². The van der Waals surface area contributed by atoms with Crippen LogP contribution in [-0.4, -0.2) is 16.2 Å². The lowest BCUT2D eigenvalue weighted by atomic mass is 11.0. The number of hydrogen-bond acceptors (Lipinski definition) is 2. The summed E-state index contributed by atoms with van der Waals surface area (Å²) in [7, 11) is -3.75. The van der Waals surface area contributed by atoms with E-state index in [0.717, 1.165) is 0 Å². The number of halogens is 1. The van der Waals surface area contributed by atoms with Crippen LogP contribution in [0.5, 0.6) is 0 Å². The molecule has 3 nitrogen and oxygen atoms in total. The molecule has 0 aliphatic heterocycles. The molecular weight excluding hydrogens is 229 g/mol. The van der Waals surface area contributed by atoms with Crippen molar-refractivity contribution in [2.45, 2.75) is 10.2 Å². The highest BCUT2D eigenvalue weighted by Gasteiger charge is 2.10. The molecule has 0 rings (SSSR count). The second-order valence-corrected chi connectivity index (χ2v) is 5.51. The number of alkyl halides is 1. The fraction of sp³-hybridized carbons (Fsp3) is 1.00. The normalized spacial score (nSPS) is 16.4. The van der Waals surface area contributed by atoms with Gasteiger partial charge in [-0.15, -0.1) is 0 Å². The molecule has 0 heterocycles. The quantitative estimate of drug-likeness (QED) is 0.411. The summed E-state index contributed by atoms with van der Waals surface area (Å²) in [6, 6.07) is 0. The molecule has 0 aliphatic rings. The molecule has 7 heavy (non-hydrogen) atoms. The van der Waals surface area contributed by atoms with Crippen molar-refractivity contribution in [3.63, 3.8) is 0 Å². The van der Waals surface area contributed by atoms with Gasteiger partial charge in [0.1, 0.15) is 3.26 Å². The van der Waals surface area contributed by atoms with E-state index in [1.807, 2.05) is 0 Å². The number of rotatable bonds is 1. The third-order valence-electron chi connectivity index (χ3n) is 0.410. The molecule has 0 bridgehead atoms. The van der Waals surface area contributed by atoms with Gasteiger partial charge in [-0.3, -0.25) is 4.55 Å². The van der Waals surface area contributed by atoms with Crippen LogP contribution >= 0.6 is 22.6 Å². The maximum absolute atomic E-state index is 9.88. The van der Waals surface area contributed by atoms with Crippen LogP contribution in [-0.2, 0) is 10.1 Å². The minimum atomic E-state index is -3.75. The molecule has 0 radical (unpaired) electrons. The molecule has 0 aromatic rings. The average molecular weight is 234 g/mol. The van der Waals surface area contributed by atoms with Crippen molar-refractivity contribution in [1.82, 2.24) is 0 Å². The Bertz CT molecular complexity index is 135. The standard InChI is InChI=1S/C2H5IO3S/c1-2(3)7(4,5)6/h2H,1H3,(H,4,5,6)/i3-2. The first-order chi connectivity index (χ1) is 2.94. The topological polar surface area (TPSA) is 54.4 Å². The van der Waals surface area contributed by atoms with E-state index in [-0.39, 0.29) is 0 Å². The van der Waals surface area contributed by atoms with Crippen LogP contribution in [0.25, 0.3) is 0 Å². The summed E-state index contributed by atoms with van der Waals surface area (Å²) in [4.78, 5) is 0. The fourth-order valence-electron chi connectivity index (χ4n) is 0. The maximum atomic E-state index is 9.88. The van der Waals surface area contributed by atoms with Crippen molar-refractivity contribution in [2.75, 3.05) is 0 Å². The molecule has 44 valence electrons. The van der Waals surface area contributed by atoms with Gasteiger partial charge in [0, 0.05) is 0 Å². The zero-order valence-corrected chi connectivity index (χ0v) is 6.60. The van der Waals surface area contributed by atoms with E-state index in [4.69, 9.17) is 4.55 Å². The van der Waals surface area contributed by atoms with E-state index < -0.39 is 13.4 Å². The lowest BCUT2D eigenvalue weighted by Gasteiger charge is -1.92. The van der Waals surface area contributed by atoms with Gasteiger partial charge >= 0.3 is 0 Å². The summed E-state index contributed by atoms with van der Waals surface area (Å²) in [5.41, 5.74) is 0. The zero-order chi connectivity index (χ0) is 6.08. The van der Waals surface area contributed by atoms with Crippen molar-refractivity contribution < 1.29 is 13.0 Å². The van der Waals surface area contributed by atoms with Crippen LogP contribution in [0.15, 0.2) is 0 Å². The van der Waals surface area contributed by atoms with E-state index in [9.17, 15) is 8.42 Å². The van der Waals surface area contributed by atoms with E-state index >= 15 is 0 Å². The van der Waals surface area contributed by atoms with Crippen molar-refractivity contribution in [3.05, 3.63) is 0 Å². The fourth-order valence-corrected chi connectivity index (χ4v) is 0. The molecule has 0 aliphatic carbocycles. The molecule has 1 N–H and O–H groups in total. The van der Waals surface area contributed by atoms with E-state index in [1.54, 1.807) is 22.6 Å². The highest BCUT2D eigenvalue weighted by Crippen LogP contribution is 2.04. The first-order valence-electron chi connectivity index (χ1n) is 1.55. The third-order valence-corrected chi connectivity index (χ3v) is 3.16. The predicted molar refractivity (Wildman–Crippen MR) is 35.0 cm³/mol. The second kappa shape index (κ2) is 2.27. The summed E-state index contributed by atoms with van der Waals surface area (Å²) in [6.07, 6.45) is 0.